The van der Waals surface area contributed by atoms with Crippen molar-refractivity contribution in [2.45, 2.75) is 31.8 Å². The number of hydrogen-bond donors (Lipinski definition) is 1. The Balaban J connectivity index is 1.63. The van der Waals surface area contributed by atoms with Crippen LogP contribution in [0.2, 0.25) is 0 Å². The molecule has 1 N–H and O–H groups in total. The smallest absolute Gasteiger partial charge is 0.163 e. The maximum absolute atomic E-state index is 6.18. The molecule has 0 spiro atoms. The monoisotopic (exact) mass is 334 g/mol. The van der Waals surface area contributed by atoms with E-state index in [4.69, 9.17) is 9.47 Å². The van der Waals surface area contributed by atoms with Crippen molar-refractivity contribution in [3.8, 4) is 11.5 Å². The molecule has 1 saturated carbocycles. The van der Waals surface area contributed by atoms with Crippen molar-refractivity contribution in [1.82, 2.24) is 4.98 Å². The average molecular weight is 334 g/mol. The van der Waals surface area contributed by atoms with E-state index in [-0.39, 0.29) is 0 Å². The Hall–Kier alpha value is -2.75. The summed E-state index contributed by atoms with van der Waals surface area (Å²) in [6, 6.07) is 14.2. The van der Waals surface area contributed by atoms with Crippen LogP contribution in [0.3, 0.4) is 0 Å². The Kier molecular flexibility index (Phi) is 4.42. The highest BCUT2D eigenvalue weighted by Crippen LogP contribution is 2.35. The molecule has 4 rings (SSSR count). The Morgan fingerprint density at radius 1 is 1.00 bits per heavy atom. The lowest BCUT2D eigenvalue weighted by Crippen LogP contribution is -2.11. The van der Waals surface area contributed by atoms with Crippen molar-refractivity contribution in [2.24, 2.45) is 0 Å². The standard InChI is InChI=1S/C21H22N2O2/c1-24-20-11-10-16(12-21(20)25-17-7-3-4-8-17)23-19-14-22-13-15-6-2-5-9-18(15)19/h2,5-6,9-14,17,23H,3-4,7-8H2,1H3. The summed E-state index contributed by atoms with van der Waals surface area (Å²) < 4.78 is 11.6. The molecule has 2 aromatic carbocycles. The van der Waals surface area contributed by atoms with Gasteiger partial charge in [-0.05, 0) is 37.8 Å². The third kappa shape index (κ3) is 3.38. The number of nitrogens with zero attached hydrogens (tertiary/aromatic N) is 1. The first-order chi connectivity index (χ1) is 12.3. The SMILES string of the molecule is COc1ccc(Nc2cncc3ccccc23)cc1OC1CCCC1. The Labute approximate surface area is 147 Å². The van der Waals surface area contributed by atoms with Crippen molar-refractivity contribution < 1.29 is 9.47 Å². The summed E-state index contributed by atoms with van der Waals surface area (Å²) in [6.45, 7) is 0. The molecule has 3 aromatic rings. The summed E-state index contributed by atoms with van der Waals surface area (Å²) in [4.78, 5) is 4.33. The van der Waals surface area contributed by atoms with Gasteiger partial charge in [-0.25, -0.2) is 0 Å². The minimum Gasteiger partial charge on any atom is -0.493 e. The highest BCUT2D eigenvalue weighted by atomic mass is 16.5. The van der Waals surface area contributed by atoms with Crippen LogP contribution in [0.4, 0.5) is 11.4 Å². The van der Waals surface area contributed by atoms with Gasteiger partial charge in [-0.1, -0.05) is 24.3 Å². The fourth-order valence-electron chi connectivity index (χ4n) is 3.40. The molecule has 1 heterocycles. The van der Waals surface area contributed by atoms with Crippen molar-refractivity contribution in [2.75, 3.05) is 12.4 Å². The third-order valence-corrected chi connectivity index (χ3v) is 4.71. The first-order valence-corrected chi connectivity index (χ1v) is 8.78. The highest BCUT2D eigenvalue weighted by Gasteiger charge is 2.18. The van der Waals surface area contributed by atoms with Crippen molar-refractivity contribution >= 4 is 22.1 Å². The Morgan fingerprint density at radius 3 is 2.68 bits per heavy atom. The molecule has 0 atom stereocenters. The van der Waals surface area contributed by atoms with Gasteiger partial charge in [-0.3, -0.25) is 4.98 Å². The van der Waals surface area contributed by atoms with Crippen LogP contribution < -0.4 is 14.8 Å². The molecule has 4 nitrogen and oxygen atoms in total. The zero-order chi connectivity index (χ0) is 17.1. The maximum atomic E-state index is 6.18. The molecule has 0 unspecified atom stereocenters. The van der Waals surface area contributed by atoms with Gasteiger partial charge in [0.2, 0.25) is 0 Å². The fourth-order valence-corrected chi connectivity index (χ4v) is 3.40. The second-order valence-electron chi connectivity index (χ2n) is 6.42. The first-order valence-electron chi connectivity index (χ1n) is 8.78. The van der Waals surface area contributed by atoms with Crippen molar-refractivity contribution in [1.29, 1.82) is 0 Å². The quantitative estimate of drug-likeness (QED) is 0.687. The van der Waals surface area contributed by atoms with Gasteiger partial charge in [0.1, 0.15) is 0 Å². The maximum Gasteiger partial charge on any atom is 0.163 e. The van der Waals surface area contributed by atoms with Crippen LogP contribution in [0, 0.1) is 0 Å². The first kappa shape index (κ1) is 15.8. The van der Waals surface area contributed by atoms with Crippen LogP contribution in [0.1, 0.15) is 25.7 Å². The summed E-state index contributed by atoms with van der Waals surface area (Å²) in [5.74, 6) is 1.57. The van der Waals surface area contributed by atoms with E-state index in [1.54, 1.807) is 7.11 Å². The fraction of sp³-hybridized carbons (Fsp3) is 0.286. The number of hydrogen-bond acceptors (Lipinski definition) is 4. The van der Waals surface area contributed by atoms with Gasteiger partial charge in [0.15, 0.2) is 11.5 Å². The van der Waals surface area contributed by atoms with Gasteiger partial charge in [-0.15, -0.1) is 0 Å². The van der Waals surface area contributed by atoms with Crippen LogP contribution in [0.15, 0.2) is 54.9 Å². The van der Waals surface area contributed by atoms with Gasteiger partial charge in [0.05, 0.1) is 25.1 Å². The van der Waals surface area contributed by atoms with Crippen LogP contribution in [-0.2, 0) is 0 Å². The van der Waals surface area contributed by atoms with Crippen LogP contribution in [0.5, 0.6) is 11.5 Å². The molecule has 0 aliphatic heterocycles. The summed E-state index contributed by atoms with van der Waals surface area (Å²) in [6.07, 6.45) is 8.75. The molecular weight excluding hydrogens is 312 g/mol. The summed E-state index contributed by atoms with van der Waals surface area (Å²) in [7, 11) is 1.68. The number of rotatable bonds is 5. The number of methoxy groups -OCH3 is 1. The van der Waals surface area contributed by atoms with Crippen LogP contribution in [0.25, 0.3) is 10.8 Å². The molecular formula is C21H22N2O2. The van der Waals surface area contributed by atoms with E-state index in [1.807, 2.05) is 42.7 Å². The molecule has 0 saturated heterocycles. The molecule has 4 heteroatoms. The molecule has 1 fully saturated rings. The predicted molar refractivity (Wildman–Crippen MR) is 101 cm³/mol. The minimum atomic E-state index is 0.295. The van der Waals surface area contributed by atoms with Crippen molar-refractivity contribution in [3.05, 3.63) is 54.9 Å². The van der Waals surface area contributed by atoms with Gasteiger partial charge in [-0.2, -0.15) is 0 Å². The number of nitrogens with one attached hydrogen (secondary N) is 1. The van der Waals surface area contributed by atoms with Crippen LogP contribution >= 0.6 is 0 Å². The molecule has 0 amide bonds. The number of benzene rings is 2. The summed E-state index contributed by atoms with van der Waals surface area (Å²) in [5, 5.41) is 5.72. The topological polar surface area (TPSA) is 43.4 Å². The number of ether oxygens (including phenoxy) is 2. The zero-order valence-electron chi connectivity index (χ0n) is 14.4. The largest absolute Gasteiger partial charge is 0.493 e. The van der Waals surface area contributed by atoms with Gasteiger partial charge >= 0.3 is 0 Å². The third-order valence-electron chi connectivity index (χ3n) is 4.71. The van der Waals surface area contributed by atoms with E-state index in [0.717, 1.165) is 46.5 Å². The van der Waals surface area contributed by atoms with Crippen LogP contribution in [-0.4, -0.2) is 18.2 Å². The van der Waals surface area contributed by atoms with E-state index in [0.29, 0.717) is 6.10 Å². The Morgan fingerprint density at radius 2 is 1.84 bits per heavy atom. The number of pyridine rings is 1. The molecule has 1 aromatic heterocycles. The van der Waals surface area contributed by atoms with E-state index in [1.165, 1.54) is 12.8 Å². The van der Waals surface area contributed by atoms with Gasteiger partial charge < -0.3 is 14.8 Å². The van der Waals surface area contributed by atoms with Gasteiger partial charge in [0.25, 0.3) is 0 Å². The molecule has 1 aliphatic rings. The lowest BCUT2D eigenvalue weighted by Gasteiger charge is -2.17. The predicted octanol–water partition coefficient (Wildman–Crippen LogP) is 5.31. The molecule has 0 radical (unpaired) electrons. The lowest BCUT2D eigenvalue weighted by molar-refractivity contribution is 0.201. The molecule has 1 aliphatic carbocycles. The molecule has 25 heavy (non-hydrogen) atoms. The van der Waals surface area contributed by atoms with Crippen molar-refractivity contribution in [3.63, 3.8) is 0 Å². The van der Waals surface area contributed by atoms with E-state index in [9.17, 15) is 0 Å². The number of fused-ring (bicyclic) bond motifs is 1. The highest BCUT2D eigenvalue weighted by molar-refractivity contribution is 5.94. The number of aromatic nitrogens is 1. The van der Waals surface area contributed by atoms with Gasteiger partial charge in [0, 0.05) is 28.7 Å². The van der Waals surface area contributed by atoms with E-state index < -0.39 is 0 Å². The average Bonchev–Trinajstić information content (AvgIpc) is 3.15. The normalized spacial score (nSPS) is 14.6. The Bertz CT molecular complexity index is 867. The van der Waals surface area contributed by atoms with E-state index >= 15 is 0 Å². The zero-order valence-corrected chi connectivity index (χ0v) is 14.4. The summed E-state index contributed by atoms with van der Waals surface area (Å²) in [5.41, 5.74) is 1.95. The second kappa shape index (κ2) is 7.01. The minimum absolute atomic E-state index is 0.295. The lowest BCUT2D eigenvalue weighted by atomic mass is 10.1. The number of anilines is 2. The second-order valence-corrected chi connectivity index (χ2v) is 6.42. The summed E-state index contributed by atoms with van der Waals surface area (Å²) >= 11 is 0. The molecule has 0 bridgehead atoms. The molecule has 128 valence electrons. The van der Waals surface area contributed by atoms with E-state index in [2.05, 4.69) is 22.4 Å².